The fourth-order valence-corrected chi connectivity index (χ4v) is 2.29. The van der Waals surface area contributed by atoms with Crippen LogP contribution in [0.3, 0.4) is 0 Å². The minimum atomic E-state index is -3.34. The molecular weight excluding hydrogens is 292 g/mol. The zero-order chi connectivity index (χ0) is 15.7. The first kappa shape index (κ1) is 18.1. The molecule has 0 saturated carbocycles. The maximum Gasteiger partial charge on any atom is 0.264 e. The summed E-state index contributed by atoms with van der Waals surface area (Å²) < 4.78 is 37.5. The number of benzene rings is 1. The molecule has 0 aliphatic heterocycles. The van der Waals surface area contributed by atoms with Crippen molar-refractivity contribution in [3.05, 3.63) is 35.4 Å². The smallest absolute Gasteiger partial charge is 0.264 e. The predicted octanol–water partition coefficient (Wildman–Crippen LogP) is 2.67. The lowest BCUT2D eigenvalue weighted by molar-refractivity contribution is -0.140. The average Bonchev–Trinajstić information content (AvgIpc) is 2.43. The Morgan fingerprint density at radius 3 is 2.10 bits per heavy atom. The van der Waals surface area contributed by atoms with Gasteiger partial charge in [-0.3, -0.25) is 4.18 Å². The van der Waals surface area contributed by atoms with Crippen LogP contribution in [0.5, 0.6) is 0 Å². The van der Waals surface area contributed by atoms with E-state index >= 15 is 0 Å². The van der Waals surface area contributed by atoms with Crippen molar-refractivity contribution in [2.45, 2.75) is 33.0 Å². The number of rotatable bonds is 10. The lowest BCUT2D eigenvalue weighted by atomic mass is 10.1. The normalized spacial score (nSPS) is 12.0. The highest BCUT2D eigenvalue weighted by Gasteiger charge is 2.10. The van der Waals surface area contributed by atoms with Crippen LogP contribution in [0.2, 0.25) is 0 Å². The fourth-order valence-electron chi connectivity index (χ4n) is 1.87. The largest absolute Gasteiger partial charge is 0.349 e. The summed E-state index contributed by atoms with van der Waals surface area (Å²) in [6.07, 6.45) is 2.16. The Bertz CT molecular complexity index is 489. The lowest BCUT2D eigenvalue weighted by Crippen LogP contribution is -2.09. The zero-order valence-corrected chi connectivity index (χ0v) is 13.7. The van der Waals surface area contributed by atoms with Gasteiger partial charge in [0, 0.05) is 18.8 Å². The van der Waals surface area contributed by atoms with Crippen LogP contribution in [-0.4, -0.2) is 34.5 Å². The monoisotopic (exact) mass is 316 g/mol. The second-order valence-electron chi connectivity index (χ2n) is 4.61. The first-order valence-corrected chi connectivity index (χ1v) is 8.94. The molecule has 0 aromatic heterocycles. The molecule has 0 N–H and O–H groups in total. The second-order valence-corrected chi connectivity index (χ2v) is 6.26. The van der Waals surface area contributed by atoms with E-state index in [0.717, 1.165) is 23.8 Å². The molecule has 120 valence electrons. The Hall–Kier alpha value is -0.950. The van der Waals surface area contributed by atoms with Gasteiger partial charge in [-0.25, -0.2) is 0 Å². The zero-order valence-electron chi connectivity index (χ0n) is 12.9. The summed E-state index contributed by atoms with van der Waals surface area (Å²) in [4.78, 5) is 0. The van der Waals surface area contributed by atoms with Gasteiger partial charge in [-0.15, -0.1) is 0 Å². The molecule has 6 heteroatoms. The Kier molecular flexibility index (Phi) is 7.88. The van der Waals surface area contributed by atoms with Crippen molar-refractivity contribution >= 4 is 10.1 Å². The fraction of sp³-hybridized carbons (Fsp3) is 0.600. The van der Waals surface area contributed by atoms with Gasteiger partial charge in [0.2, 0.25) is 0 Å². The maximum absolute atomic E-state index is 10.8. The minimum Gasteiger partial charge on any atom is -0.349 e. The molecule has 0 radical (unpaired) electrons. The van der Waals surface area contributed by atoms with Gasteiger partial charge in [-0.1, -0.05) is 24.3 Å². The molecule has 1 aromatic carbocycles. The van der Waals surface area contributed by atoms with Crippen molar-refractivity contribution in [1.82, 2.24) is 0 Å². The third kappa shape index (κ3) is 7.57. The number of hydrogen-bond acceptors (Lipinski definition) is 5. The quantitative estimate of drug-likeness (QED) is 0.377. The molecule has 0 bridgehead atoms. The van der Waals surface area contributed by atoms with E-state index in [4.69, 9.17) is 13.7 Å². The van der Waals surface area contributed by atoms with Crippen LogP contribution < -0.4 is 0 Å². The molecule has 5 nitrogen and oxygen atoms in total. The Labute approximate surface area is 127 Å². The summed E-state index contributed by atoms with van der Waals surface area (Å²) in [7, 11) is -3.34. The van der Waals surface area contributed by atoms with E-state index in [2.05, 4.69) is 0 Å². The van der Waals surface area contributed by atoms with Gasteiger partial charge in [0.05, 0.1) is 12.9 Å². The van der Waals surface area contributed by atoms with Crippen molar-refractivity contribution in [1.29, 1.82) is 0 Å². The standard InChI is InChI=1S/C15H24O5S/c1-4-18-15(19-5-2)14-10-8-13(9-11-14)7-6-12-20-21(3,16)17/h8-11,15H,4-7,12H2,1-3H3. The van der Waals surface area contributed by atoms with Gasteiger partial charge in [0.15, 0.2) is 6.29 Å². The summed E-state index contributed by atoms with van der Waals surface area (Å²) in [5, 5.41) is 0. The molecule has 21 heavy (non-hydrogen) atoms. The topological polar surface area (TPSA) is 61.8 Å². The van der Waals surface area contributed by atoms with E-state index in [1.807, 2.05) is 38.1 Å². The molecule has 0 spiro atoms. The van der Waals surface area contributed by atoms with Crippen molar-refractivity contribution < 1.29 is 22.1 Å². The Morgan fingerprint density at radius 1 is 1.05 bits per heavy atom. The van der Waals surface area contributed by atoms with Gasteiger partial charge in [0.1, 0.15) is 0 Å². The van der Waals surface area contributed by atoms with Crippen molar-refractivity contribution in [3.8, 4) is 0 Å². The third-order valence-electron chi connectivity index (χ3n) is 2.80. The molecule has 0 heterocycles. The summed E-state index contributed by atoms with van der Waals surface area (Å²) in [6.45, 7) is 5.26. The average molecular weight is 316 g/mol. The van der Waals surface area contributed by atoms with Gasteiger partial charge in [-0.05, 0) is 32.3 Å². The molecule has 1 rings (SSSR count). The molecular formula is C15H24O5S. The van der Waals surface area contributed by atoms with Crippen LogP contribution in [0.4, 0.5) is 0 Å². The molecule has 0 amide bonds. The van der Waals surface area contributed by atoms with Crippen LogP contribution >= 0.6 is 0 Å². The van der Waals surface area contributed by atoms with E-state index in [9.17, 15) is 8.42 Å². The molecule has 0 saturated heterocycles. The summed E-state index contributed by atoms with van der Waals surface area (Å²) in [6, 6.07) is 7.95. The lowest BCUT2D eigenvalue weighted by Gasteiger charge is -2.17. The highest BCUT2D eigenvalue weighted by atomic mass is 32.2. The third-order valence-corrected chi connectivity index (χ3v) is 3.39. The van der Waals surface area contributed by atoms with E-state index < -0.39 is 10.1 Å². The SMILES string of the molecule is CCOC(OCC)c1ccc(CCCOS(C)(=O)=O)cc1. The van der Waals surface area contributed by atoms with Crippen LogP contribution in [0, 0.1) is 0 Å². The summed E-state index contributed by atoms with van der Waals surface area (Å²) >= 11 is 0. The molecule has 0 unspecified atom stereocenters. The number of hydrogen-bond donors (Lipinski definition) is 0. The Morgan fingerprint density at radius 2 is 1.62 bits per heavy atom. The van der Waals surface area contributed by atoms with E-state index in [-0.39, 0.29) is 12.9 Å². The first-order valence-electron chi connectivity index (χ1n) is 7.12. The second kappa shape index (κ2) is 9.15. The van der Waals surface area contributed by atoms with Crippen LogP contribution in [-0.2, 0) is 30.2 Å². The summed E-state index contributed by atoms with van der Waals surface area (Å²) in [5.74, 6) is 0. The molecule has 0 fully saturated rings. The van der Waals surface area contributed by atoms with Crippen molar-refractivity contribution in [2.75, 3.05) is 26.1 Å². The van der Waals surface area contributed by atoms with E-state index in [1.54, 1.807) is 0 Å². The summed E-state index contributed by atoms with van der Waals surface area (Å²) in [5.41, 5.74) is 2.11. The van der Waals surface area contributed by atoms with Crippen LogP contribution in [0.15, 0.2) is 24.3 Å². The number of aryl methyl sites for hydroxylation is 1. The maximum atomic E-state index is 10.8. The van der Waals surface area contributed by atoms with E-state index in [1.165, 1.54) is 0 Å². The molecule has 0 aliphatic carbocycles. The van der Waals surface area contributed by atoms with Gasteiger partial charge >= 0.3 is 0 Å². The van der Waals surface area contributed by atoms with Crippen molar-refractivity contribution in [3.63, 3.8) is 0 Å². The molecule has 0 aliphatic rings. The molecule has 0 atom stereocenters. The Balaban J connectivity index is 2.49. The van der Waals surface area contributed by atoms with Crippen LogP contribution in [0.1, 0.15) is 37.7 Å². The van der Waals surface area contributed by atoms with Gasteiger partial charge in [-0.2, -0.15) is 8.42 Å². The van der Waals surface area contributed by atoms with Crippen molar-refractivity contribution in [2.24, 2.45) is 0 Å². The number of ether oxygens (including phenoxy) is 2. The van der Waals surface area contributed by atoms with Gasteiger partial charge in [0.25, 0.3) is 10.1 Å². The van der Waals surface area contributed by atoms with E-state index in [0.29, 0.717) is 19.6 Å². The minimum absolute atomic E-state index is 0.209. The highest BCUT2D eigenvalue weighted by molar-refractivity contribution is 7.85. The van der Waals surface area contributed by atoms with Gasteiger partial charge < -0.3 is 9.47 Å². The van der Waals surface area contributed by atoms with Crippen LogP contribution in [0.25, 0.3) is 0 Å². The predicted molar refractivity (Wildman–Crippen MR) is 81.6 cm³/mol. The highest BCUT2D eigenvalue weighted by Crippen LogP contribution is 2.19. The first-order chi connectivity index (χ1) is 9.96. The molecule has 1 aromatic rings.